The summed E-state index contributed by atoms with van der Waals surface area (Å²) in [6.07, 6.45) is 2.33. The first-order valence-corrected chi connectivity index (χ1v) is 5.67. The van der Waals surface area contributed by atoms with Crippen molar-refractivity contribution in [3.63, 3.8) is 0 Å². The zero-order valence-electron chi connectivity index (χ0n) is 9.76. The maximum Gasteiger partial charge on any atom is 0.269 e. The molecule has 0 bridgehead atoms. The van der Waals surface area contributed by atoms with Crippen molar-refractivity contribution in [3.05, 3.63) is 46.5 Å². The second-order valence-electron chi connectivity index (χ2n) is 4.34. The summed E-state index contributed by atoms with van der Waals surface area (Å²) in [5.41, 5.74) is 1.92. The highest BCUT2D eigenvalue weighted by Gasteiger charge is 2.24. The molecule has 0 saturated carbocycles. The standard InChI is InChI=1S/C13H15NO3/c1-9-3-8-13(17-9)10(2)11-4-6-12(7-5-11)14(15)16/h4-7,9,13H,2-3,8H2,1H3/t9-,13+/m1/s1. The number of nitro benzene ring substituents is 1. The van der Waals surface area contributed by atoms with Crippen molar-refractivity contribution >= 4 is 11.3 Å². The fourth-order valence-corrected chi connectivity index (χ4v) is 2.04. The minimum absolute atomic E-state index is 0.0476. The van der Waals surface area contributed by atoms with Gasteiger partial charge in [0.2, 0.25) is 0 Å². The molecule has 1 heterocycles. The van der Waals surface area contributed by atoms with E-state index >= 15 is 0 Å². The minimum Gasteiger partial charge on any atom is -0.371 e. The van der Waals surface area contributed by atoms with Gasteiger partial charge in [-0.05, 0) is 43.0 Å². The number of hydrogen-bond acceptors (Lipinski definition) is 3. The number of ether oxygens (including phenoxy) is 1. The van der Waals surface area contributed by atoms with Crippen molar-refractivity contribution in [2.75, 3.05) is 0 Å². The molecule has 1 fully saturated rings. The van der Waals surface area contributed by atoms with Crippen LogP contribution in [0.25, 0.3) is 5.57 Å². The van der Waals surface area contributed by atoms with Gasteiger partial charge in [0.15, 0.2) is 0 Å². The molecule has 90 valence electrons. The molecule has 17 heavy (non-hydrogen) atoms. The van der Waals surface area contributed by atoms with Crippen LogP contribution >= 0.6 is 0 Å². The van der Waals surface area contributed by atoms with E-state index in [9.17, 15) is 10.1 Å². The molecule has 0 N–H and O–H groups in total. The summed E-state index contributed by atoms with van der Waals surface area (Å²) in [6.45, 7) is 6.07. The molecular weight excluding hydrogens is 218 g/mol. The number of rotatable bonds is 3. The van der Waals surface area contributed by atoms with Crippen molar-refractivity contribution in [1.82, 2.24) is 0 Å². The van der Waals surface area contributed by atoms with E-state index in [0.717, 1.165) is 24.0 Å². The Morgan fingerprint density at radius 1 is 1.41 bits per heavy atom. The van der Waals surface area contributed by atoms with Crippen molar-refractivity contribution in [1.29, 1.82) is 0 Å². The average molecular weight is 233 g/mol. The number of benzene rings is 1. The van der Waals surface area contributed by atoms with Gasteiger partial charge in [0.05, 0.1) is 17.1 Å². The Balaban J connectivity index is 2.12. The van der Waals surface area contributed by atoms with Crippen LogP contribution in [-0.2, 0) is 4.74 Å². The van der Waals surface area contributed by atoms with E-state index in [0.29, 0.717) is 0 Å². The van der Waals surface area contributed by atoms with Crippen molar-refractivity contribution < 1.29 is 9.66 Å². The highest BCUT2D eigenvalue weighted by atomic mass is 16.6. The van der Waals surface area contributed by atoms with Gasteiger partial charge in [-0.3, -0.25) is 10.1 Å². The van der Waals surface area contributed by atoms with Crippen molar-refractivity contribution in [2.24, 2.45) is 0 Å². The molecule has 0 unspecified atom stereocenters. The predicted molar refractivity (Wildman–Crippen MR) is 65.7 cm³/mol. The van der Waals surface area contributed by atoms with Gasteiger partial charge in [0.1, 0.15) is 0 Å². The largest absolute Gasteiger partial charge is 0.371 e. The normalized spacial score (nSPS) is 23.6. The van der Waals surface area contributed by atoms with E-state index in [1.165, 1.54) is 12.1 Å². The Kier molecular flexibility index (Phi) is 3.24. The van der Waals surface area contributed by atoms with Crippen LogP contribution in [0.3, 0.4) is 0 Å². The first kappa shape index (κ1) is 11.8. The third-order valence-corrected chi connectivity index (χ3v) is 3.07. The van der Waals surface area contributed by atoms with Gasteiger partial charge in [-0.15, -0.1) is 0 Å². The highest BCUT2D eigenvalue weighted by molar-refractivity contribution is 5.67. The molecule has 0 radical (unpaired) electrons. The third-order valence-electron chi connectivity index (χ3n) is 3.07. The molecule has 2 rings (SSSR count). The molecule has 0 spiro atoms. The molecule has 0 aromatic heterocycles. The summed E-state index contributed by atoms with van der Waals surface area (Å²) < 4.78 is 5.72. The maximum atomic E-state index is 10.5. The molecule has 1 aliphatic rings. The van der Waals surface area contributed by atoms with Gasteiger partial charge in [-0.2, -0.15) is 0 Å². The zero-order chi connectivity index (χ0) is 12.4. The van der Waals surface area contributed by atoms with Gasteiger partial charge in [0.25, 0.3) is 5.69 Å². The lowest BCUT2D eigenvalue weighted by atomic mass is 10.00. The number of non-ortho nitro benzene ring substituents is 1. The number of hydrogen-bond donors (Lipinski definition) is 0. The second-order valence-corrected chi connectivity index (χ2v) is 4.34. The fourth-order valence-electron chi connectivity index (χ4n) is 2.04. The van der Waals surface area contributed by atoms with Gasteiger partial charge in [0, 0.05) is 12.1 Å². The van der Waals surface area contributed by atoms with Gasteiger partial charge < -0.3 is 4.74 Å². The Hall–Kier alpha value is -1.68. The molecule has 4 heteroatoms. The lowest BCUT2D eigenvalue weighted by Gasteiger charge is -2.14. The molecule has 2 atom stereocenters. The van der Waals surface area contributed by atoms with Gasteiger partial charge in [-0.25, -0.2) is 0 Å². The van der Waals surface area contributed by atoms with Gasteiger partial charge in [-0.1, -0.05) is 6.58 Å². The Bertz CT molecular complexity index is 438. The summed E-state index contributed by atoms with van der Waals surface area (Å²) in [5, 5.41) is 10.5. The van der Waals surface area contributed by atoms with Crippen LogP contribution in [0, 0.1) is 10.1 Å². The average Bonchev–Trinajstić information content (AvgIpc) is 2.75. The number of nitrogens with zero attached hydrogens (tertiary/aromatic N) is 1. The van der Waals surface area contributed by atoms with E-state index in [4.69, 9.17) is 4.74 Å². The van der Waals surface area contributed by atoms with Crippen LogP contribution < -0.4 is 0 Å². The summed E-state index contributed by atoms with van der Waals surface area (Å²) >= 11 is 0. The van der Waals surface area contributed by atoms with E-state index in [2.05, 4.69) is 6.58 Å². The van der Waals surface area contributed by atoms with Crippen LogP contribution in [0.1, 0.15) is 25.3 Å². The van der Waals surface area contributed by atoms with Crippen molar-refractivity contribution in [3.8, 4) is 0 Å². The van der Waals surface area contributed by atoms with E-state index in [1.54, 1.807) is 12.1 Å². The Labute approximate surface area is 100 Å². The molecule has 4 nitrogen and oxygen atoms in total. The fraction of sp³-hybridized carbons (Fsp3) is 0.385. The molecule has 1 aliphatic heterocycles. The monoisotopic (exact) mass is 233 g/mol. The molecule has 1 saturated heterocycles. The summed E-state index contributed by atoms with van der Waals surface area (Å²) in [7, 11) is 0. The van der Waals surface area contributed by atoms with E-state index < -0.39 is 4.92 Å². The SMILES string of the molecule is C=C(c1ccc([N+](=O)[O-])cc1)[C@@H]1CC[C@@H](C)O1. The number of nitro groups is 1. The quantitative estimate of drug-likeness (QED) is 0.595. The maximum absolute atomic E-state index is 10.5. The molecule has 0 aliphatic carbocycles. The lowest BCUT2D eigenvalue weighted by Crippen LogP contribution is -2.09. The lowest BCUT2D eigenvalue weighted by molar-refractivity contribution is -0.384. The van der Waals surface area contributed by atoms with Crippen LogP contribution in [0.4, 0.5) is 5.69 Å². The van der Waals surface area contributed by atoms with Crippen LogP contribution in [0.5, 0.6) is 0 Å². The summed E-state index contributed by atoms with van der Waals surface area (Å²) in [5.74, 6) is 0. The van der Waals surface area contributed by atoms with Gasteiger partial charge >= 0.3 is 0 Å². The minimum atomic E-state index is -0.402. The van der Waals surface area contributed by atoms with E-state index in [1.807, 2.05) is 6.92 Å². The first-order chi connectivity index (χ1) is 8.08. The Morgan fingerprint density at radius 2 is 2.06 bits per heavy atom. The summed E-state index contributed by atoms with van der Waals surface area (Å²) in [6, 6.07) is 6.46. The van der Waals surface area contributed by atoms with Crippen LogP contribution in [0.2, 0.25) is 0 Å². The molecular formula is C13H15NO3. The Morgan fingerprint density at radius 3 is 2.53 bits per heavy atom. The predicted octanol–water partition coefficient (Wildman–Crippen LogP) is 3.18. The highest BCUT2D eigenvalue weighted by Crippen LogP contribution is 2.30. The molecule has 1 aromatic carbocycles. The van der Waals surface area contributed by atoms with E-state index in [-0.39, 0.29) is 17.9 Å². The summed E-state index contributed by atoms with van der Waals surface area (Å²) in [4.78, 5) is 10.1. The molecule has 1 aromatic rings. The first-order valence-electron chi connectivity index (χ1n) is 5.67. The molecule has 0 amide bonds. The second kappa shape index (κ2) is 4.67. The van der Waals surface area contributed by atoms with Crippen LogP contribution in [0.15, 0.2) is 30.8 Å². The van der Waals surface area contributed by atoms with Crippen molar-refractivity contribution in [2.45, 2.75) is 32.0 Å². The smallest absolute Gasteiger partial charge is 0.269 e. The zero-order valence-corrected chi connectivity index (χ0v) is 9.76. The third kappa shape index (κ3) is 2.53. The van der Waals surface area contributed by atoms with Crippen LogP contribution in [-0.4, -0.2) is 17.1 Å². The topological polar surface area (TPSA) is 52.4 Å².